The molecule has 2 aromatic rings. The van der Waals surface area contributed by atoms with Gasteiger partial charge in [-0.15, -0.1) is 5.10 Å². The van der Waals surface area contributed by atoms with E-state index < -0.39 is 15.6 Å². The fraction of sp³-hybridized carbons (Fsp3) is 0.400. The molecule has 0 saturated heterocycles. The summed E-state index contributed by atoms with van der Waals surface area (Å²) in [7, 11) is -1.30. The fourth-order valence-corrected chi connectivity index (χ4v) is 3.42. The lowest BCUT2D eigenvalue weighted by atomic mass is 10.0. The number of hydrogen-bond acceptors (Lipinski definition) is 5. The molecule has 1 unspecified atom stereocenters. The summed E-state index contributed by atoms with van der Waals surface area (Å²) >= 11 is 0. The summed E-state index contributed by atoms with van der Waals surface area (Å²) in [4.78, 5) is 12.0. The van der Waals surface area contributed by atoms with Gasteiger partial charge in [-0.2, -0.15) is 4.36 Å². The average molecular weight is 336 g/mol. The number of benzene rings is 1. The summed E-state index contributed by atoms with van der Waals surface area (Å²) < 4.78 is 23.2. The molecule has 23 heavy (non-hydrogen) atoms. The van der Waals surface area contributed by atoms with E-state index in [9.17, 15) is 9.00 Å². The monoisotopic (exact) mass is 336 g/mol. The fourth-order valence-electron chi connectivity index (χ4n) is 2.12. The largest absolute Gasteiger partial charge is 0.483 e. The minimum Gasteiger partial charge on any atom is -0.483 e. The Labute approximate surface area is 135 Å². The molecule has 1 aromatic heterocycles. The van der Waals surface area contributed by atoms with E-state index in [1.165, 1.54) is 17.1 Å². The van der Waals surface area contributed by atoms with Gasteiger partial charge in [0.1, 0.15) is 5.75 Å². The van der Waals surface area contributed by atoms with Crippen LogP contribution in [0.4, 0.5) is 0 Å². The Morgan fingerprint density at radius 3 is 2.70 bits per heavy atom. The third kappa shape index (κ3) is 4.16. The van der Waals surface area contributed by atoms with E-state index in [1.54, 1.807) is 13.1 Å². The van der Waals surface area contributed by atoms with E-state index in [4.69, 9.17) is 4.74 Å². The molecule has 0 N–H and O–H groups in total. The van der Waals surface area contributed by atoms with E-state index in [2.05, 4.69) is 14.7 Å². The minimum atomic E-state index is -2.89. The molecule has 0 fully saturated rings. The van der Waals surface area contributed by atoms with Crippen molar-refractivity contribution < 1.29 is 13.7 Å². The van der Waals surface area contributed by atoms with Crippen molar-refractivity contribution in [2.75, 3.05) is 12.9 Å². The molecule has 1 atom stereocenters. The molecule has 0 aliphatic carbocycles. The highest BCUT2D eigenvalue weighted by Crippen LogP contribution is 2.25. The highest BCUT2D eigenvalue weighted by molar-refractivity contribution is 7.93. The molecule has 0 radical (unpaired) electrons. The molecule has 0 saturated carbocycles. The predicted molar refractivity (Wildman–Crippen MR) is 86.8 cm³/mol. The van der Waals surface area contributed by atoms with Gasteiger partial charge in [-0.1, -0.05) is 37.3 Å². The lowest BCUT2D eigenvalue weighted by Gasteiger charge is -2.12. The lowest BCUT2D eigenvalue weighted by Crippen LogP contribution is -2.14. The van der Waals surface area contributed by atoms with Gasteiger partial charge in [-0.3, -0.25) is 4.79 Å². The molecule has 0 aliphatic rings. The van der Waals surface area contributed by atoms with E-state index in [0.29, 0.717) is 10.8 Å². The van der Waals surface area contributed by atoms with E-state index in [1.807, 2.05) is 32.0 Å². The van der Waals surface area contributed by atoms with Crippen molar-refractivity contribution in [3.05, 3.63) is 36.0 Å². The number of aryl methyl sites for hydroxylation is 1. The summed E-state index contributed by atoms with van der Waals surface area (Å²) in [6, 6.07) is 7.51. The van der Waals surface area contributed by atoms with Crippen LogP contribution >= 0.6 is 0 Å². The van der Waals surface area contributed by atoms with Crippen LogP contribution in [-0.2, 0) is 21.6 Å². The van der Waals surface area contributed by atoms with Gasteiger partial charge in [0.05, 0.1) is 15.9 Å². The van der Waals surface area contributed by atoms with Gasteiger partial charge in [-0.25, -0.2) is 8.89 Å². The smallest absolute Gasteiger partial charge is 0.291 e. The quantitative estimate of drug-likeness (QED) is 0.833. The Morgan fingerprint density at radius 2 is 2.09 bits per heavy atom. The molecule has 124 valence electrons. The number of carbonyl (C=O) groups is 1. The molecule has 1 heterocycles. The average Bonchev–Trinajstić information content (AvgIpc) is 2.92. The van der Waals surface area contributed by atoms with Crippen molar-refractivity contribution in [2.45, 2.75) is 24.8 Å². The molecule has 8 heteroatoms. The van der Waals surface area contributed by atoms with Gasteiger partial charge in [-0.05, 0) is 17.5 Å². The molecule has 7 nitrogen and oxygen atoms in total. The molecule has 0 bridgehead atoms. The Kier molecular flexibility index (Phi) is 5.15. The maximum atomic E-state index is 12.5. The Balaban J connectivity index is 2.14. The highest BCUT2D eigenvalue weighted by Gasteiger charge is 2.15. The van der Waals surface area contributed by atoms with Crippen molar-refractivity contribution in [3.63, 3.8) is 0 Å². The van der Waals surface area contributed by atoms with Crippen molar-refractivity contribution in [2.24, 2.45) is 11.4 Å². The van der Waals surface area contributed by atoms with Crippen LogP contribution in [0.1, 0.15) is 25.3 Å². The first-order valence-corrected chi connectivity index (χ1v) is 9.05. The maximum absolute atomic E-state index is 12.5. The van der Waals surface area contributed by atoms with Crippen LogP contribution in [-0.4, -0.2) is 38.0 Å². The summed E-state index contributed by atoms with van der Waals surface area (Å²) in [5, 5.41) is 7.65. The third-order valence-electron chi connectivity index (χ3n) is 3.23. The molecule has 1 amide bonds. The summed E-state index contributed by atoms with van der Waals surface area (Å²) in [5.41, 5.74) is 1.01. The number of amides is 1. The van der Waals surface area contributed by atoms with Gasteiger partial charge in [0.2, 0.25) is 0 Å². The van der Waals surface area contributed by atoms with Crippen LogP contribution in [0.15, 0.2) is 39.9 Å². The van der Waals surface area contributed by atoms with Crippen LogP contribution in [0.2, 0.25) is 0 Å². The Hall–Kier alpha value is -2.22. The first-order valence-electron chi connectivity index (χ1n) is 7.12. The topological polar surface area (TPSA) is 86.4 Å². The normalized spacial score (nSPS) is 13.6. The van der Waals surface area contributed by atoms with Gasteiger partial charge in [0.15, 0.2) is 11.6 Å². The molecule has 1 aromatic carbocycles. The van der Waals surface area contributed by atoms with Crippen LogP contribution in [0.25, 0.3) is 0 Å². The highest BCUT2D eigenvalue weighted by atomic mass is 32.2. The second-order valence-corrected chi connectivity index (χ2v) is 7.67. The first kappa shape index (κ1) is 17.1. The third-order valence-corrected chi connectivity index (χ3v) is 4.93. The van der Waals surface area contributed by atoms with Crippen molar-refractivity contribution in [1.29, 1.82) is 0 Å². The summed E-state index contributed by atoms with van der Waals surface area (Å²) in [6.07, 6.45) is 2.72. The second kappa shape index (κ2) is 6.91. The van der Waals surface area contributed by atoms with Crippen LogP contribution < -0.4 is 4.74 Å². The van der Waals surface area contributed by atoms with Gasteiger partial charge in [0.25, 0.3) is 5.91 Å². The number of nitrogens with zero attached hydrogens (tertiary/aromatic N) is 4. The SMILES string of the molecule is CC(C)c1ccccc1OCC(=O)N=S(C)(=O)c1cnnn1C. The second-order valence-electron chi connectivity index (χ2n) is 5.46. The maximum Gasteiger partial charge on any atom is 0.291 e. The zero-order valence-electron chi connectivity index (χ0n) is 13.6. The number of hydrogen-bond donors (Lipinski definition) is 0. The number of carbonyl (C=O) groups excluding carboxylic acids is 1. The molecule has 0 spiro atoms. The number of ether oxygens (including phenoxy) is 1. The lowest BCUT2D eigenvalue weighted by molar-refractivity contribution is -0.119. The number of para-hydroxylation sites is 1. The first-order chi connectivity index (χ1) is 10.8. The molecule has 2 rings (SSSR count). The van der Waals surface area contributed by atoms with E-state index >= 15 is 0 Å². The van der Waals surface area contributed by atoms with Crippen molar-refractivity contribution in [1.82, 2.24) is 15.0 Å². The van der Waals surface area contributed by atoms with Crippen LogP contribution in [0.5, 0.6) is 5.75 Å². The van der Waals surface area contributed by atoms with Gasteiger partial charge in [0, 0.05) is 13.3 Å². The number of aromatic nitrogens is 3. The summed E-state index contributed by atoms with van der Waals surface area (Å²) in [5.74, 6) is 0.322. The van der Waals surface area contributed by atoms with Crippen LogP contribution in [0, 0.1) is 0 Å². The van der Waals surface area contributed by atoms with E-state index in [0.717, 1.165) is 5.56 Å². The standard InChI is InChI=1S/C15H20N4O3S/c1-11(2)12-7-5-6-8-13(12)22-10-14(20)17-23(4,21)15-9-16-18-19(15)3/h5-9,11H,10H2,1-4H3. The van der Waals surface area contributed by atoms with Gasteiger partial charge < -0.3 is 4.74 Å². The Bertz CT molecular complexity index is 820. The predicted octanol–water partition coefficient (Wildman–Crippen LogP) is 2.00. The molecule has 0 aliphatic heterocycles. The van der Waals surface area contributed by atoms with Crippen LogP contribution in [0.3, 0.4) is 0 Å². The molecular weight excluding hydrogens is 316 g/mol. The minimum absolute atomic E-state index is 0.264. The zero-order valence-corrected chi connectivity index (χ0v) is 14.4. The van der Waals surface area contributed by atoms with Gasteiger partial charge >= 0.3 is 0 Å². The number of rotatable bonds is 5. The zero-order chi connectivity index (χ0) is 17.0. The molecular formula is C15H20N4O3S. The van der Waals surface area contributed by atoms with Crippen molar-refractivity contribution in [3.8, 4) is 5.75 Å². The van der Waals surface area contributed by atoms with E-state index in [-0.39, 0.29) is 12.5 Å². The Morgan fingerprint density at radius 1 is 1.39 bits per heavy atom. The van der Waals surface area contributed by atoms with Crippen molar-refractivity contribution >= 4 is 15.6 Å². The summed E-state index contributed by atoms with van der Waals surface area (Å²) in [6.45, 7) is 3.82.